The number of hydrogen-bond donors (Lipinski definition) is 1. The van der Waals surface area contributed by atoms with Crippen molar-refractivity contribution in [1.82, 2.24) is 25.0 Å². The van der Waals surface area contributed by atoms with Gasteiger partial charge in [0.2, 0.25) is 5.82 Å². The number of amides is 1. The quantitative estimate of drug-likeness (QED) is 0.664. The van der Waals surface area contributed by atoms with Crippen LogP contribution in [-0.4, -0.2) is 39.3 Å². The Kier molecular flexibility index (Phi) is 4.85. The van der Waals surface area contributed by atoms with Crippen molar-refractivity contribution in [2.45, 2.75) is 13.0 Å². The van der Waals surface area contributed by atoms with Crippen molar-refractivity contribution in [3.63, 3.8) is 0 Å². The van der Waals surface area contributed by atoms with E-state index < -0.39 is 0 Å². The summed E-state index contributed by atoms with van der Waals surface area (Å²) in [4.78, 5) is 20.1. The Bertz CT molecular complexity index is 780. The van der Waals surface area contributed by atoms with Crippen LogP contribution >= 0.6 is 0 Å². The monoisotopic (exact) mass is 327 g/mol. The van der Waals surface area contributed by atoms with E-state index in [1.54, 1.807) is 43.9 Å². The first-order chi connectivity index (χ1) is 11.8. The summed E-state index contributed by atoms with van der Waals surface area (Å²) in [6.07, 6.45) is 6.11. The minimum atomic E-state index is -0.382. The predicted octanol–water partition coefficient (Wildman–Crippen LogP) is 1.76. The average molecular weight is 327 g/mol. The lowest BCUT2D eigenvalue weighted by Crippen LogP contribution is -2.25. The van der Waals surface area contributed by atoms with E-state index in [-0.39, 0.29) is 11.8 Å². The molecule has 1 amide bonds. The van der Waals surface area contributed by atoms with Gasteiger partial charge in [-0.05, 0) is 30.7 Å². The summed E-state index contributed by atoms with van der Waals surface area (Å²) < 4.78 is 12.1. The lowest BCUT2D eigenvalue weighted by Gasteiger charge is -2.02. The number of hydrogen-bond acceptors (Lipinski definition) is 6. The van der Waals surface area contributed by atoms with Crippen molar-refractivity contribution in [2.75, 3.05) is 13.7 Å². The molecule has 3 aromatic rings. The maximum Gasteiger partial charge on any atom is 0.316 e. The molecule has 0 spiro atoms. The highest BCUT2D eigenvalue weighted by Gasteiger charge is 2.15. The molecule has 0 atom stereocenters. The van der Waals surface area contributed by atoms with Crippen molar-refractivity contribution < 1.29 is 14.1 Å². The molecule has 1 aromatic carbocycles. The number of nitrogens with one attached hydrogen (secondary N) is 1. The van der Waals surface area contributed by atoms with E-state index in [4.69, 9.17) is 9.26 Å². The lowest BCUT2D eigenvalue weighted by atomic mass is 10.2. The Labute approximate surface area is 138 Å². The van der Waals surface area contributed by atoms with Gasteiger partial charge in [-0.15, -0.1) is 0 Å². The van der Waals surface area contributed by atoms with Crippen molar-refractivity contribution >= 4 is 5.91 Å². The van der Waals surface area contributed by atoms with Crippen molar-refractivity contribution in [1.29, 1.82) is 0 Å². The Morgan fingerprint density at radius 1 is 1.33 bits per heavy atom. The Morgan fingerprint density at radius 2 is 2.17 bits per heavy atom. The highest BCUT2D eigenvalue weighted by molar-refractivity contribution is 5.89. The number of nitrogens with zero attached hydrogens (tertiary/aromatic N) is 4. The van der Waals surface area contributed by atoms with Crippen LogP contribution in [0.3, 0.4) is 0 Å². The summed E-state index contributed by atoms with van der Waals surface area (Å²) in [5.41, 5.74) is 0.749. The number of carbonyl (C=O) groups excluding carboxylic acids is 1. The van der Waals surface area contributed by atoms with Crippen LogP contribution in [0.5, 0.6) is 5.75 Å². The number of methoxy groups -OCH3 is 1. The van der Waals surface area contributed by atoms with E-state index in [2.05, 4.69) is 20.4 Å². The molecule has 0 aliphatic carbocycles. The maximum atomic E-state index is 12.0. The average Bonchev–Trinajstić information content (AvgIpc) is 3.30. The number of rotatable bonds is 7. The number of ether oxygens (including phenoxy) is 1. The van der Waals surface area contributed by atoms with E-state index in [1.807, 2.05) is 10.8 Å². The highest BCUT2D eigenvalue weighted by atomic mass is 16.5. The molecule has 0 unspecified atom stereocenters. The molecule has 0 fully saturated rings. The summed E-state index contributed by atoms with van der Waals surface area (Å²) in [5.74, 6) is 0.663. The first kappa shape index (κ1) is 15.7. The summed E-state index contributed by atoms with van der Waals surface area (Å²) in [5, 5.41) is 6.59. The van der Waals surface area contributed by atoms with Crippen LogP contribution in [0.2, 0.25) is 0 Å². The van der Waals surface area contributed by atoms with Crippen LogP contribution in [0.15, 0.2) is 47.5 Å². The Balaban J connectivity index is 1.53. The SMILES string of the molecule is COc1ccc(-c2noc(C(=O)NCCCn3ccnc3)n2)cc1. The van der Waals surface area contributed by atoms with Gasteiger partial charge in [-0.25, -0.2) is 4.98 Å². The smallest absolute Gasteiger partial charge is 0.316 e. The molecule has 2 heterocycles. The van der Waals surface area contributed by atoms with Crippen molar-refractivity contribution in [3.8, 4) is 17.1 Å². The molecule has 0 radical (unpaired) electrons. The van der Waals surface area contributed by atoms with Gasteiger partial charge in [-0.2, -0.15) is 4.98 Å². The molecule has 2 aromatic heterocycles. The highest BCUT2D eigenvalue weighted by Crippen LogP contribution is 2.19. The van der Waals surface area contributed by atoms with Gasteiger partial charge in [-0.1, -0.05) is 5.16 Å². The number of imidazole rings is 1. The summed E-state index contributed by atoms with van der Waals surface area (Å²) >= 11 is 0. The summed E-state index contributed by atoms with van der Waals surface area (Å²) in [7, 11) is 1.60. The van der Waals surface area contributed by atoms with Crippen LogP contribution in [-0.2, 0) is 6.54 Å². The molecule has 0 bridgehead atoms. The second-order valence-electron chi connectivity index (χ2n) is 5.06. The lowest BCUT2D eigenvalue weighted by molar-refractivity contribution is 0.0909. The van der Waals surface area contributed by atoms with Crippen LogP contribution in [0, 0.1) is 0 Å². The standard InChI is InChI=1S/C16H17N5O3/c1-23-13-5-3-12(4-6-13)14-19-16(24-20-14)15(22)18-7-2-9-21-10-8-17-11-21/h3-6,8,10-11H,2,7,9H2,1H3,(H,18,22). The number of carbonyl (C=O) groups is 1. The number of aryl methyl sites for hydroxylation is 1. The van der Waals surface area contributed by atoms with Crippen LogP contribution < -0.4 is 10.1 Å². The Hall–Kier alpha value is -3.16. The fourth-order valence-corrected chi connectivity index (χ4v) is 2.13. The minimum absolute atomic E-state index is 0.0524. The molecule has 24 heavy (non-hydrogen) atoms. The second-order valence-corrected chi connectivity index (χ2v) is 5.06. The van der Waals surface area contributed by atoms with Gasteiger partial charge >= 0.3 is 11.8 Å². The number of benzene rings is 1. The van der Waals surface area contributed by atoms with Gasteiger partial charge in [0.15, 0.2) is 0 Å². The Morgan fingerprint density at radius 3 is 2.88 bits per heavy atom. The van der Waals surface area contributed by atoms with E-state index in [1.165, 1.54) is 0 Å². The van der Waals surface area contributed by atoms with Crippen molar-refractivity contribution in [2.24, 2.45) is 0 Å². The third-order valence-electron chi connectivity index (χ3n) is 3.41. The van der Waals surface area contributed by atoms with Crippen molar-refractivity contribution in [3.05, 3.63) is 48.9 Å². The zero-order valence-corrected chi connectivity index (χ0v) is 13.2. The molecule has 8 nitrogen and oxygen atoms in total. The molecule has 0 saturated carbocycles. The molecule has 124 valence electrons. The molecule has 8 heteroatoms. The third-order valence-corrected chi connectivity index (χ3v) is 3.41. The zero-order valence-electron chi connectivity index (χ0n) is 13.2. The normalized spacial score (nSPS) is 10.5. The van der Waals surface area contributed by atoms with Gasteiger partial charge < -0.3 is 19.1 Å². The van der Waals surface area contributed by atoms with E-state index >= 15 is 0 Å². The predicted molar refractivity (Wildman–Crippen MR) is 85.5 cm³/mol. The number of aromatic nitrogens is 4. The van der Waals surface area contributed by atoms with Gasteiger partial charge in [0, 0.05) is 31.0 Å². The first-order valence-corrected chi connectivity index (χ1v) is 7.48. The fourth-order valence-electron chi connectivity index (χ4n) is 2.13. The van der Waals surface area contributed by atoms with Crippen LogP contribution in [0.1, 0.15) is 17.1 Å². The van der Waals surface area contributed by atoms with E-state index in [0.717, 1.165) is 24.3 Å². The third kappa shape index (κ3) is 3.78. The molecular weight excluding hydrogens is 310 g/mol. The van der Waals surface area contributed by atoms with Gasteiger partial charge in [0.1, 0.15) is 5.75 Å². The molecular formula is C16H17N5O3. The molecule has 0 aliphatic heterocycles. The topological polar surface area (TPSA) is 95.1 Å². The first-order valence-electron chi connectivity index (χ1n) is 7.48. The van der Waals surface area contributed by atoms with E-state index in [0.29, 0.717) is 12.4 Å². The molecule has 1 N–H and O–H groups in total. The van der Waals surface area contributed by atoms with E-state index in [9.17, 15) is 4.79 Å². The fraction of sp³-hybridized carbons (Fsp3) is 0.250. The summed E-state index contributed by atoms with van der Waals surface area (Å²) in [6.45, 7) is 1.29. The molecule has 3 rings (SSSR count). The summed E-state index contributed by atoms with van der Waals surface area (Å²) in [6, 6.07) is 7.19. The largest absolute Gasteiger partial charge is 0.497 e. The zero-order chi connectivity index (χ0) is 16.8. The maximum absolute atomic E-state index is 12.0. The van der Waals surface area contributed by atoms with Gasteiger partial charge in [0.25, 0.3) is 0 Å². The minimum Gasteiger partial charge on any atom is -0.497 e. The second kappa shape index (κ2) is 7.40. The van der Waals surface area contributed by atoms with Crippen LogP contribution in [0.4, 0.5) is 0 Å². The van der Waals surface area contributed by atoms with Gasteiger partial charge in [0.05, 0.1) is 13.4 Å². The van der Waals surface area contributed by atoms with Gasteiger partial charge in [-0.3, -0.25) is 4.79 Å². The van der Waals surface area contributed by atoms with Crippen LogP contribution in [0.25, 0.3) is 11.4 Å². The molecule has 0 aliphatic rings. The molecule has 0 saturated heterocycles.